The number of carbonyl (C=O) groups excluding carboxylic acids is 1. The number of amides is 1. The molecule has 0 radical (unpaired) electrons. The van der Waals surface area contributed by atoms with E-state index in [2.05, 4.69) is 10.3 Å². The van der Waals surface area contributed by atoms with Gasteiger partial charge >= 0.3 is 0 Å². The van der Waals surface area contributed by atoms with Crippen molar-refractivity contribution in [3.63, 3.8) is 0 Å². The van der Waals surface area contributed by atoms with Gasteiger partial charge in [0.2, 0.25) is 5.91 Å². The molecule has 0 saturated carbocycles. The summed E-state index contributed by atoms with van der Waals surface area (Å²) in [7, 11) is 0. The van der Waals surface area contributed by atoms with Crippen molar-refractivity contribution in [2.24, 2.45) is 0 Å². The molecule has 0 spiro atoms. The zero-order valence-corrected chi connectivity index (χ0v) is 15.8. The fourth-order valence-electron chi connectivity index (χ4n) is 2.82. The van der Waals surface area contributed by atoms with Crippen molar-refractivity contribution in [1.29, 1.82) is 0 Å². The van der Waals surface area contributed by atoms with E-state index in [9.17, 15) is 4.79 Å². The summed E-state index contributed by atoms with van der Waals surface area (Å²) in [4.78, 5) is 18.0. The highest BCUT2D eigenvalue weighted by Crippen LogP contribution is 2.36. The van der Waals surface area contributed by atoms with E-state index in [-0.39, 0.29) is 11.2 Å². The third-order valence-electron chi connectivity index (χ3n) is 4.21. The number of thioether (sulfide) groups is 1. The van der Waals surface area contributed by atoms with E-state index in [1.54, 1.807) is 6.20 Å². The maximum atomic E-state index is 13.1. The zero-order chi connectivity index (χ0) is 19.2. The van der Waals surface area contributed by atoms with E-state index in [0.29, 0.717) is 5.76 Å². The molecule has 1 N–H and O–H groups in total. The Morgan fingerprint density at radius 2 is 1.57 bits per heavy atom. The lowest BCUT2D eigenvalue weighted by atomic mass is 10.1. The Kier molecular flexibility index (Phi) is 5.54. The molecule has 4 nitrogen and oxygen atoms in total. The number of anilines is 1. The number of aromatic nitrogens is 1. The van der Waals surface area contributed by atoms with Crippen molar-refractivity contribution in [3.05, 3.63) is 103 Å². The van der Waals surface area contributed by atoms with Crippen LogP contribution in [0.2, 0.25) is 0 Å². The van der Waals surface area contributed by atoms with Crippen LogP contribution >= 0.6 is 11.8 Å². The molecule has 0 aliphatic heterocycles. The lowest BCUT2D eigenvalue weighted by molar-refractivity contribution is -0.115. The summed E-state index contributed by atoms with van der Waals surface area (Å²) >= 11 is 1.54. The molecule has 4 rings (SSSR count). The Bertz CT molecular complexity index is 1020. The molecular formula is C23H18N2O2S. The van der Waals surface area contributed by atoms with Gasteiger partial charge in [0.1, 0.15) is 5.25 Å². The highest BCUT2D eigenvalue weighted by Gasteiger charge is 2.22. The molecule has 1 atom stereocenters. The third-order valence-corrected chi connectivity index (χ3v) is 5.47. The summed E-state index contributed by atoms with van der Waals surface area (Å²) in [6.45, 7) is 0. The largest absolute Gasteiger partial charge is 0.444 e. The molecule has 0 fully saturated rings. The summed E-state index contributed by atoms with van der Waals surface area (Å²) in [6.07, 6.45) is 3.06. The number of hydrogen-bond donors (Lipinski definition) is 1. The van der Waals surface area contributed by atoms with Gasteiger partial charge in [0.05, 0.1) is 6.20 Å². The Morgan fingerprint density at radius 1 is 0.893 bits per heavy atom. The van der Waals surface area contributed by atoms with Gasteiger partial charge in [-0.3, -0.25) is 4.79 Å². The number of benzene rings is 3. The molecule has 0 saturated heterocycles. The second-order valence-electron chi connectivity index (χ2n) is 6.15. The first kappa shape index (κ1) is 18.1. The SMILES string of the molecule is O=C(Nc1ccc(-c2cnco2)cc1)C(Sc1ccccc1)c1ccccc1. The molecule has 3 aromatic carbocycles. The van der Waals surface area contributed by atoms with E-state index in [1.165, 1.54) is 18.2 Å². The zero-order valence-electron chi connectivity index (χ0n) is 15.0. The van der Waals surface area contributed by atoms with Gasteiger partial charge in [0.25, 0.3) is 0 Å². The smallest absolute Gasteiger partial charge is 0.242 e. The fraction of sp³-hybridized carbons (Fsp3) is 0.0435. The number of carbonyl (C=O) groups is 1. The quantitative estimate of drug-likeness (QED) is 0.425. The van der Waals surface area contributed by atoms with Gasteiger partial charge in [0, 0.05) is 16.1 Å². The van der Waals surface area contributed by atoms with Crippen molar-refractivity contribution in [1.82, 2.24) is 4.98 Å². The van der Waals surface area contributed by atoms with Gasteiger partial charge in [-0.2, -0.15) is 0 Å². The average molecular weight is 386 g/mol. The second-order valence-corrected chi connectivity index (χ2v) is 7.33. The van der Waals surface area contributed by atoms with Gasteiger partial charge in [-0.05, 0) is 42.0 Å². The lowest BCUT2D eigenvalue weighted by Gasteiger charge is -2.17. The number of hydrogen-bond acceptors (Lipinski definition) is 4. The predicted octanol–water partition coefficient (Wildman–Crippen LogP) is 5.81. The van der Waals surface area contributed by atoms with Gasteiger partial charge in [-0.15, -0.1) is 11.8 Å². The summed E-state index contributed by atoms with van der Waals surface area (Å²) in [5.74, 6) is 0.632. The second kappa shape index (κ2) is 8.59. The minimum absolute atomic E-state index is 0.0625. The maximum absolute atomic E-state index is 13.1. The summed E-state index contributed by atoms with van der Waals surface area (Å²) < 4.78 is 5.30. The molecule has 1 unspecified atom stereocenters. The molecule has 4 aromatic rings. The van der Waals surface area contributed by atoms with E-state index in [0.717, 1.165) is 21.7 Å². The van der Waals surface area contributed by atoms with Gasteiger partial charge in [0.15, 0.2) is 12.2 Å². The first-order valence-corrected chi connectivity index (χ1v) is 9.74. The van der Waals surface area contributed by atoms with E-state index < -0.39 is 0 Å². The normalized spacial score (nSPS) is 11.7. The van der Waals surface area contributed by atoms with Crippen LogP contribution in [-0.4, -0.2) is 10.9 Å². The van der Waals surface area contributed by atoms with Crippen LogP contribution in [0.15, 0.2) is 107 Å². The first-order chi connectivity index (χ1) is 13.8. The van der Waals surface area contributed by atoms with Gasteiger partial charge in [-0.1, -0.05) is 48.5 Å². The molecule has 5 heteroatoms. The van der Waals surface area contributed by atoms with Crippen molar-refractivity contribution < 1.29 is 9.21 Å². The highest BCUT2D eigenvalue weighted by molar-refractivity contribution is 8.00. The Hall–Kier alpha value is -3.31. The topological polar surface area (TPSA) is 55.1 Å². The number of nitrogens with zero attached hydrogens (tertiary/aromatic N) is 1. The van der Waals surface area contributed by atoms with Gasteiger partial charge < -0.3 is 9.73 Å². The van der Waals surface area contributed by atoms with Crippen LogP contribution in [-0.2, 0) is 4.79 Å². The minimum atomic E-state index is -0.349. The Morgan fingerprint density at radius 3 is 2.21 bits per heavy atom. The van der Waals surface area contributed by atoms with Crippen LogP contribution in [0.5, 0.6) is 0 Å². The molecule has 0 aliphatic carbocycles. The molecule has 0 bridgehead atoms. The standard InChI is InChI=1S/C23H18N2O2S/c26-23(25-19-13-11-17(12-14-19)21-15-24-16-27-21)22(18-7-3-1-4-8-18)28-20-9-5-2-6-10-20/h1-16,22H,(H,25,26). The van der Waals surface area contributed by atoms with Crippen molar-refractivity contribution >= 4 is 23.4 Å². The molecule has 1 aromatic heterocycles. The summed E-state index contributed by atoms with van der Waals surface area (Å²) in [5, 5.41) is 2.68. The molecule has 0 aliphatic rings. The van der Waals surface area contributed by atoms with Crippen LogP contribution in [0.25, 0.3) is 11.3 Å². The average Bonchev–Trinajstić information content (AvgIpc) is 3.29. The molecule has 28 heavy (non-hydrogen) atoms. The van der Waals surface area contributed by atoms with Gasteiger partial charge in [-0.25, -0.2) is 4.98 Å². The monoisotopic (exact) mass is 386 g/mol. The van der Waals surface area contributed by atoms with E-state index >= 15 is 0 Å². The molecule has 1 heterocycles. The van der Waals surface area contributed by atoms with Crippen LogP contribution in [0, 0.1) is 0 Å². The molecule has 1 amide bonds. The molecular weight excluding hydrogens is 368 g/mol. The maximum Gasteiger partial charge on any atom is 0.242 e. The number of oxazole rings is 1. The highest BCUT2D eigenvalue weighted by atomic mass is 32.2. The van der Waals surface area contributed by atoms with E-state index in [4.69, 9.17) is 4.42 Å². The minimum Gasteiger partial charge on any atom is -0.444 e. The summed E-state index contributed by atoms with van der Waals surface area (Å²) in [6, 6.07) is 27.3. The van der Waals surface area contributed by atoms with Crippen molar-refractivity contribution in [3.8, 4) is 11.3 Å². The number of nitrogens with one attached hydrogen (secondary N) is 1. The fourth-order valence-corrected chi connectivity index (χ4v) is 3.87. The van der Waals surface area contributed by atoms with Crippen molar-refractivity contribution in [2.45, 2.75) is 10.1 Å². The Labute approximate surface area is 167 Å². The number of rotatable bonds is 6. The molecule has 138 valence electrons. The predicted molar refractivity (Wildman–Crippen MR) is 112 cm³/mol. The van der Waals surface area contributed by atoms with Crippen LogP contribution in [0.3, 0.4) is 0 Å². The van der Waals surface area contributed by atoms with Crippen molar-refractivity contribution in [2.75, 3.05) is 5.32 Å². The van der Waals surface area contributed by atoms with Crippen LogP contribution in [0.1, 0.15) is 10.8 Å². The third kappa shape index (κ3) is 4.32. The summed E-state index contributed by atoms with van der Waals surface area (Å²) in [5.41, 5.74) is 2.61. The van der Waals surface area contributed by atoms with Crippen LogP contribution in [0.4, 0.5) is 5.69 Å². The van der Waals surface area contributed by atoms with Crippen LogP contribution < -0.4 is 5.32 Å². The van der Waals surface area contributed by atoms with E-state index in [1.807, 2.05) is 84.9 Å². The first-order valence-electron chi connectivity index (χ1n) is 8.86. The Balaban J connectivity index is 1.53. The lowest BCUT2D eigenvalue weighted by Crippen LogP contribution is -2.19.